The van der Waals surface area contributed by atoms with Crippen molar-refractivity contribution in [2.24, 2.45) is 0 Å². The first-order valence-corrected chi connectivity index (χ1v) is 4.65. The monoisotopic (exact) mass is 197 g/mol. The summed E-state index contributed by atoms with van der Waals surface area (Å²) in [6, 6.07) is 1.76. The number of esters is 1. The van der Waals surface area contributed by atoms with E-state index in [1.54, 1.807) is 17.7 Å². The largest absolute Gasteiger partial charge is 0.465 e. The number of aryl methyl sites for hydroxylation is 1. The Labute approximate surface area is 82.8 Å². The fourth-order valence-corrected chi connectivity index (χ4v) is 1.23. The Morgan fingerprint density at radius 3 is 2.93 bits per heavy atom. The van der Waals surface area contributed by atoms with Crippen molar-refractivity contribution < 1.29 is 9.53 Å². The summed E-state index contributed by atoms with van der Waals surface area (Å²) in [7, 11) is 0. The molecule has 0 radical (unpaired) electrons. The highest BCUT2D eigenvalue weighted by Crippen LogP contribution is 2.06. The van der Waals surface area contributed by atoms with Crippen molar-refractivity contribution in [3.63, 3.8) is 0 Å². The molecule has 0 amide bonds. The standard InChI is InChI=1S/C9H15N3O2/c1-3-7-5-8(10)11-12(7)6-9(13)14-4-2/h5H,3-4,6H2,1-2H3,(H2,10,11). The Morgan fingerprint density at radius 2 is 2.36 bits per heavy atom. The minimum Gasteiger partial charge on any atom is -0.465 e. The van der Waals surface area contributed by atoms with Crippen molar-refractivity contribution in [3.8, 4) is 0 Å². The number of nitrogens with two attached hydrogens (primary N) is 1. The molecule has 5 nitrogen and oxygen atoms in total. The molecule has 1 heterocycles. The zero-order valence-corrected chi connectivity index (χ0v) is 8.49. The van der Waals surface area contributed by atoms with Crippen LogP contribution in [0.4, 0.5) is 5.82 Å². The maximum Gasteiger partial charge on any atom is 0.327 e. The fraction of sp³-hybridized carbons (Fsp3) is 0.556. The molecule has 0 atom stereocenters. The highest BCUT2D eigenvalue weighted by Gasteiger charge is 2.08. The van der Waals surface area contributed by atoms with E-state index in [1.165, 1.54) is 0 Å². The van der Waals surface area contributed by atoms with E-state index in [2.05, 4.69) is 5.10 Å². The van der Waals surface area contributed by atoms with E-state index in [9.17, 15) is 4.79 Å². The summed E-state index contributed by atoms with van der Waals surface area (Å²) < 4.78 is 6.39. The number of anilines is 1. The molecule has 0 aliphatic heterocycles. The number of carbonyl (C=O) groups is 1. The fourth-order valence-electron chi connectivity index (χ4n) is 1.23. The first kappa shape index (κ1) is 10.6. The quantitative estimate of drug-likeness (QED) is 0.717. The summed E-state index contributed by atoms with van der Waals surface area (Å²) in [6.07, 6.45) is 0.795. The molecule has 1 rings (SSSR count). The first-order chi connectivity index (χ1) is 6.67. The molecular weight excluding hydrogens is 182 g/mol. The van der Waals surface area contributed by atoms with Gasteiger partial charge in [0, 0.05) is 11.8 Å². The summed E-state index contributed by atoms with van der Waals surface area (Å²) in [5.74, 6) is 0.149. The molecule has 1 aromatic heterocycles. The Morgan fingerprint density at radius 1 is 1.64 bits per heavy atom. The SMILES string of the molecule is CCOC(=O)Cn1nc(N)cc1CC. The number of ether oxygens (including phenoxy) is 1. The van der Waals surface area contributed by atoms with Crippen LogP contribution in [0, 0.1) is 0 Å². The zero-order chi connectivity index (χ0) is 10.6. The third-order valence-corrected chi connectivity index (χ3v) is 1.83. The second kappa shape index (κ2) is 4.64. The van der Waals surface area contributed by atoms with E-state index in [0.29, 0.717) is 12.4 Å². The van der Waals surface area contributed by atoms with E-state index in [-0.39, 0.29) is 12.5 Å². The average Bonchev–Trinajstić information content (AvgIpc) is 2.46. The lowest BCUT2D eigenvalue weighted by Gasteiger charge is -2.04. The predicted octanol–water partition coefficient (Wildman–Crippen LogP) is 0.591. The number of rotatable bonds is 4. The first-order valence-electron chi connectivity index (χ1n) is 4.65. The van der Waals surface area contributed by atoms with Crippen LogP contribution in [0.15, 0.2) is 6.07 Å². The van der Waals surface area contributed by atoms with E-state index >= 15 is 0 Å². The summed E-state index contributed by atoms with van der Waals surface area (Å²) in [4.78, 5) is 11.2. The number of hydrogen-bond donors (Lipinski definition) is 1. The molecule has 78 valence electrons. The molecule has 0 saturated carbocycles. The summed E-state index contributed by atoms with van der Waals surface area (Å²) in [5, 5.41) is 4.00. The van der Waals surface area contributed by atoms with E-state index in [4.69, 9.17) is 10.5 Å². The molecule has 0 bridgehead atoms. The van der Waals surface area contributed by atoms with E-state index < -0.39 is 0 Å². The van der Waals surface area contributed by atoms with Crippen LogP contribution < -0.4 is 5.73 Å². The van der Waals surface area contributed by atoms with Crippen LogP contribution in [0.25, 0.3) is 0 Å². The van der Waals surface area contributed by atoms with Crippen LogP contribution in [0.3, 0.4) is 0 Å². The van der Waals surface area contributed by atoms with Crippen LogP contribution in [0.2, 0.25) is 0 Å². The van der Waals surface area contributed by atoms with Crippen molar-refractivity contribution in [1.29, 1.82) is 0 Å². The molecule has 0 aliphatic rings. The maximum atomic E-state index is 11.2. The summed E-state index contributed by atoms with van der Waals surface area (Å²) >= 11 is 0. The van der Waals surface area contributed by atoms with Crippen LogP contribution in [0.5, 0.6) is 0 Å². The van der Waals surface area contributed by atoms with E-state index in [1.807, 2.05) is 6.92 Å². The maximum absolute atomic E-state index is 11.2. The van der Waals surface area contributed by atoms with Crippen molar-refractivity contribution in [3.05, 3.63) is 11.8 Å². The van der Waals surface area contributed by atoms with Gasteiger partial charge in [0.25, 0.3) is 0 Å². The predicted molar refractivity (Wildman–Crippen MR) is 52.7 cm³/mol. The highest BCUT2D eigenvalue weighted by atomic mass is 16.5. The number of nitrogens with zero attached hydrogens (tertiary/aromatic N) is 2. The van der Waals surface area contributed by atoms with Crippen LogP contribution in [-0.4, -0.2) is 22.4 Å². The number of hydrogen-bond acceptors (Lipinski definition) is 4. The summed E-state index contributed by atoms with van der Waals surface area (Å²) in [6.45, 7) is 4.28. The van der Waals surface area contributed by atoms with Gasteiger partial charge in [-0.25, -0.2) is 0 Å². The van der Waals surface area contributed by atoms with Crippen molar-refractivity contribution in [2.45, 2.75) is 26.8 Å². The topological polar surface area (TPSA) is 70.1 Å². The normalized spacial score (nSPS) is 10.1. The Kier molecular flexibility index (Phi) is 3.50. The lowest BCUT2D eigenvalue weighted by Crippen LogP contribution is -2.16. The number of aromatic nitrogens is 2. The molecule has 14 heavy (non-hydrogen) atoms. The van der Waals surface area contributed by atoms with Gasteiger partial charge in [-0.1, -0.05) is 6.92 Å². The Balaban J connectivity index is 2.70. The molecule has 5 heteroatoms. The summed E-state index contributed by atoms with van der Waals surface area (Å²) in [5.41, 5.74) is 6.46. The van der Waals surface area contributed by atoms with Crippen molar-refractivity contribution in [2.75, 3.05) is 12.3 Å². The lowest BCUT2D eigenvalue weighted by atomic mass is 10.3. The van der Waals surface area contributed by atoms with Gasteiger partial charge >= 0.3 is 5.97 Å². The highest BCUT2D eigenvalue weighted by molar-refractivity contribution is 5.69. The smallest absolute Gasteiger partial charge is 0.327 e. The molecule has 0 aliphatic carbocycles. The van der Waals surface area contributed by atoms with Gasteiger partial charge < -0.3 is 10.5 Å². The van der Waals surface area contributed by atoms with Crippen LogP contribution >= 0.6 is 0 Å². The third kappa shape index (κ3) is 2.48. The van der Waals surface area contributed by atoms with Gasteiger partial charge in [0.15, 0.2) is 0 Å². The molecule has 2 N–H and O–H groups in total. The number of carbonyl (C=O) groups excluding carboxylic acids is 1. The van der Waals surface area contributed by atoms with E-state index in [0.717, 1.165) is 12.1 Å². The lowest BCUT2D eigenvalue weighted by molar-refractivity contribution is -0.144. The molecule has 0 aromatic carbocycles. The Bertz CT molecular complexity index is 320. The second-order valence-corrected chi connectivity index (χ2v) is 2.88. The van der Waals surface area contributed by atoms with Gasteiger partial charge in [0.05, 0.1) is 6.61 Å². The minimum absolute atomic E-state index is 0.133. The van der Waals surface area contributed by atoms with Crippen LogP contribution in [-0.2, 0) is 22.5 Å². The minimum atomic E-state index is -0.287. The molecule has 0 spiro atoms. The van der Waals surface area contributed by atoms with Gasteiger partial charge in [-0.2, -0.15) is 5.10 Å². The van der Waals surface area contributed by atoms with Gasteiger partial charge in [0.1, 0.15) is 12.4 Å². The number of nitrogen functional groups attached to an aromatic ring is 1. The average molecular weight is 197 g/mol. The molecule has 1 aromatic rings. The second-order valence-electron chi connectivity index (χ2n) is 2.88. The third-order valence-electron chi connectivity index (χ3n) is 1.83. The Hall–Kier alpha value is -1.52. The zero-order valence-electron chi connectivity index (χ0n) is 8.49. The van der Waals surface area contributed by atoms with Crippen molar-refractivity contribution >= 4 is 11.8 Å². The van der Waals surface area contributed by atoms with Gasteiger partial charge in [-0.05, 0) is 13.3 Å². The van der Waals surface area contributed by atoms with Gasteiger partial charge in [-0.3, -0.25) is 9.48 Å². The van der Waals surface area contributed by atoms with Gasteiger partial charge in [0.2, 0.25) is 0 Å². The van der Waals surface area contributed by atoms with Crippen LogP contribution in [0.1, 0.15) is 19.5 Å². The van der Waals surface area contributed by atoms with Crippen molar-refractivity contribution in [1.82, 2.24) is 9.78 Å². The molecular formula is C9H15N3O2. The van der Waals surface area contributed by atoms with Gasteiger partial charge in [-0.15, -0.1) is 0 Å². The molecule has 0 saturated heterocycles. The molecule has 0 fully saturated rings. The molecule has 0 unspecified atom stereocenters.